The van der Waals surface area contributed by atoms with Crippen LogP contribution >= 0.6 is 11.6 Å². The monoisotopic (exact) mass is 349 g/mol. The first-order chi connectivity index (χ1) is 10.3. The first kappa shape index (κ1) is 17.0. The van der Waals surface area contributed by atoms with Gasteiger partial charge in [0.05, 0.1) is 5.02 Å². The molecule has 1 atom stereocenters. The fourth-order valence-electron chi connectivity index (χ4n) is 2.31. The Morgan fingerprint density at radius 3 is 2.86 bits per heavy atom. The topological polar surface area (TPSA) is 78.5 Å². The zero-order valence-electron chi connectivity index (χ0n) is 12.0. The molecule has 22 heavy (non-hydrogen) atoms. The van der Waals surface area contributed by atoms with E-state index < -0.39 is 27.5 Å². The van der Waals surface area contributed by atoms with Crippen LogP contribution in [0.5, 0.6) is 0 Å². The van der Waals surface area contributed by atoms with Crippen LogP contribution in [0.4, 0.5) is 10.1 Å². The molecule has 1 unspecified atom stereocenters. The van der Waals surface area contributed by atoms with Crippen LogP contribution in [0.15, 0.2) is 18.2 Å². The molecule has 1 aliphatic rings. The van der Waals surface area contributed by atoms with Crippen molar-refractivity contribution in [1.29, 1.82) is 0 Å². The number of nitrogens with one attached hydrogen (secondary N) is 2. The smallest absolute Gasteiger partial charge is 0.236 e. The van der Waals surface area contributed by atoms with Crippen molar-refractivity contribution in [1.82, 2.24) is 10.0 Å². The molecule has 0 bridgehead atoms. The van der Waals surface area contributed by atoms with E-state index in [4.69, 9.17) is 11.6 Å². The van der Waals surface area contributed by atoms with Crippen molar-refractivity contribution >= 4 is 33.2 Å². The third-order valence-corrected chi connectivity index (χ3v) is 5.01. The van der Waals surface area contributed by atoms with Gasteiger partial charge in [0.25, 0.3) is 0 Å². The van der Waals surface area contributed by atoms with Crippen LogP contribution in [-0.4, -0.2) is 46.3 Å². The summed E-state index contributed by atoms with van der Waals surface area (Å²) < 4.78 is 37.9. The lowest BCUT2D eigenvalue weighted by Gasteiger charge is -2.19. The summed E-state index contributed by atoms with van der Waals surface area (Å²) in [6, 6.07) is 4.30. The predicted molar refractivity (Wildman–Crippen MR) is 83.0 cm³/mol. The van der Waals surface area contributed by atoms with Crippen LogP contribution in [0.3, 0.4) is 0 Å². The summed E-state index contributed by atoms with van der Waals surface area (Å²) in [5.41, 5.74) is 0.769. The van der Waals surface area contributed by atoms with Gasteiger partial charge in [-0.15, -0.1) is 0 Å². The summed E-state index contributed by atoms with van der Waals surface area (Å²) in [4.78, 5) is 13.7. The number of rotatable bonds is 5. The van der Waals surface area contributed by atoms with Crippen LogP contribution in [0.2, 0.25) is 5.02 Å². The van der Waals surface area contributed by atoms with Crippen LogP contribution in [-0.2, 0) is 14.8 Å². The summed E-state index contributed by atoms with van der Waals surface area (Å²) in [5, 5.41) is 2.73. The van der Waals surface area contributed by atoms with Gasteiger partial charge in [0, 0.05) is 24.8 Å². The lowest BCUT2D eigenvalue weighted by atomic mass is 10.2. The third-order valence-electron chi connectivity index (χ3n) is 3.45. The maximum absolute atomic E-state index is 13.2. The summed E-state index contributed by atoms with van der Waals surface area (Å²) in [7, 11) is -2.31. The number of sulfonamides is 1. The molecule has 0 radical (unpaired) electrons. The SMILES string of the molecule is CNS(=O)(=O)CC(=O)NC1CCN(c2ccc(F)c(Cl)c2)C1. The molecule has 1 aromatic carbocycles. The number of amides is 1. The first-order valence-electron chi connectivity index (χ1n) is 6.71. The van der Waals surface area contributed by atoms with Gasteiger partial charge in [-0.3, -0.25) is 4.79 Å². The van der Waals surface area contributed by atoms with E-state index in [9.17, 15) is 17.6 Å². The molecule has 1 heterocycles. The van der Waals surface area contributed by atoms with Crippen molar-refractivity contribution in [2.24, 2.45) is 0 Å². The van der Waals surface area contributed by atoms with E-state index in [-0.39, 0.29) is 11.1 Å². The largest absolute Gasteiger partial charge is 0.369 e. The van der Waals surface area contributed by atoms with Crippen molar-refractivity contribution in [2.75, 3.05) is 30.8 Å². The molecule has 2 rings (SSSR count). The van der Waals surface area contributed by atoms with E-state index in [1.54, 1.807) is 6.07 Å². The van der Waals surface area contributed by atoms with Crippen LogP contribution < -0.4 is 14.9 Å². The Bertz CT molecular complexity index is 668. The van der Waals surface area contributed by atoms with E-state index in [2.05, 4.69) is 10.0 Å². The maximum atomic E-state index is 13.2. The molecule has 122 valence electrons. The lowest BCUT2D eigenvalue weighted by molar-refractivity contribution is -0.119. The molecular formula is C13H17ClFN3O3S. The van der Waals surface area contributed by atoms with E-state index >= 15 is 0 Å². The van der Waals surface area contributed by atoms with E-state index in [0.29, 0.717) is 19.5 Å². The average molecular weight is 350 g/mol. The molecule has 0 aromatic heterocycles. The van der Waals surface area contributed by atoms with E-state index in [1.807, 2.05) is 4.90 Å². The molecule has 0 aliphatic carbocycles. The standard InChI is InChI=1S/C13H17ClFN3O3S/c1-16-22(20,21)8-13(19)17-9-4-5-18(7-9)10-2-3-12(15)11(14)6-10/h2-3,6,9,16H,4-5,7-8H2,1H3,(H,17,19). The van der Waals surface area contributed by atoms with Crippen molar-refractivity contribution in [3.63, 3.8) is 0 Å². The quantitative estimate of drug-likeness (QED) is 0.821. The Morgan fingerprint density at radius 1 is 1.50 bits per heavy atom. The number of hydrogen-bond donors (Lipinski definition) is 2. The molecule has 9 heteroatoms. The Labute approximate surface area is 133 Å². The highest BCUT2D eigenvalue weighted by Gasteiger charge is 2.25. The molecule has 2 N–H and O–H groups in total. The minimum absolute atomic E-state index is 0.0464. The summed E-state index contributed by atoms with van der Waals surface area (Å²) >= 11 is 5.76. The van der Waals surface area contributed by atoms with Crippen LogP contribution in [0.25, 0.3) is 0 Å². The molecule has 1 saturated heterocycles. The minimum Gasteiger partial charge on any atom is -0.369 e. The molecule has 1 aliphatic heterocycles. The zero-order chi connectivity index (χ0) is 16.3. The number of carbonyl (C=O) groups excluding carboxylic acids is 1. The lowest BCUT2D eigenvalue weighted by Crippen LogP contribution is -2.41. The average Bonchev–Trinajstić information content (AvgIpc) is 2.89. The zero-order valence-corrected chi connectivity index (χ0v) is 13.5. The Kier molecular flexibility index (Phi) is 5.25. The van der Waals surface area contributed by atoms with Crippen molar-refractivity contribution < 1.29 is 17.6 Å². The Morgan fingerprint density at radius 2 is 2.23 bits per heavy atom. The second-order valence-electron chi connectivity index (χ2n) is 5.06. The molecule has 0 spiro atoms. The number of hydrogen-bond acceptors (Lipinski definition) is 4. The van der Waals surface area contributed by atoms with Gasteiger partial charge in [-0.2, -0.15) is 0 Å². The molecule has 6 nitrogen and oxygen atoms in total. The molecule has 0 saturated carbocycles. The normalized spacial score (nSPS) is 18.5. The highest BCUT2D eigenvalue weighted by atomic mass is 35.5. The summed E-state index contributed by atoms with van der Waals surface area (Å²) in [6.45, 7) is 1.19. The highest BCUT2D eigenvalue weighted by Crippen LogP contribution is 2.25. The van der Waals surface area contributed by atoms with Gasteiger partial charge in [-0.05, 0) is 31.7 Å². The molecular weight excluding hydrogens is 333 g/mol. The van der Waals surface area contributed by atoms with Gasteiger partial charge in [-0.1, -0.05) is 11.6 Å². The van der Waals surface area contributed by atoms with Gasteiger partial charge in [0.15, 0.2) is 0 Å². The minimum atomic E-state index is -3.57. The number of anilines is 1. The van der Waals surface area contributed by atoms with Crippen LogP contribution in [0, 0.1) is 5.82 Å². The fourth-order valence-corrected chi connectivity index (χ4v) is 3.06. The summed E-state index contributed by atoms with van der Waals surface area (Å²) in [6.07, 6.45) is 0.681. The van der Waals surface area contributed by atoms with Gasteiger partial charge >= 0.3 is 0 Å². The first-order valence-corrected chi connectivity index (χ1v) is 8.74. The second kappa shape index (κ2) is 6.80. The van der Waals surface area contributed by atoms with Crippen molar-refractivity contribution in [2.45, 2.75) is 12.5 Å². The third kappa shape index (κ3) is 4.31. The summed E-state index contributed by atoms with van der Waals surface area (Å²) in [5.74, 6) is -1.62. The van der Waals surface area contributed by atoms with Crippen molar-refractivity contribution in [3.8, 4) is 0 Å². The van der Waals surface area contributed by atoms with Gasteiger partial charge in [0.2, 0.25) is 15.9 Å². The Balaban J connectivity index is 1.92. The van der Waals surface area contributed by atoms with Gasteiger partial charge < -0.3 is 10.2 Å². The number of carbonyl (C=O) groups is 1. The molecule has 1 amide bonds. The van der Waals surface area contributed by atoms with Gasteiger partial charge in [0.1, 0.15) is 11.6 Å². The predicted octanol–water partition coefficient (Wildman–Crippen LogP) is 0.723. The van der Waals surface area contributed by atoms with E-state index in [1.165, 1.54) is 19.2 Å². The molecule has 1 aromatic rings. The van der Waals surface area contributed by atoms with E-state index in [0.717, 1.165) is 5.69 Å². The Hall–Kier alpha value is -1.38. The number of nitrogens with zero attached hydrogens (tertiary/aromatic N) is 1. The van der Waals surface area contributed by atoms with Crippen LogP contribution in [0.1, 0.15) is 6.42 Å². The number of halogens is 2. The van der Waals surface area contributed by atoms with Gasteiger partial charge in [-0.25, -0.2) is 17.5 Å². The van der Waals surface area contributed by atoms with Crippen molar-refractivity contribution in [3.05, 3.63) is 29.0 Å². The molecule has 1 fully saturated rings. The highest BCUT2D eigenvalue weighted by molar-refractivity contribution is 7.90. The fraction of sp³-hybridized carbons (Fsp3) is 0.462. The second-order valence-corrected chi connectivity index (χ2v) is 7.39. The maximum Gasteiger partial charge on any atom is 0.236 e. The number of benzene rings is 1.